The first-order chi connectivity index (χ1) is 28.8. The second kappa shape index (κ2) is 14.7. The smallest absolute Gasteiger partial charge is 0.497 e. The van der Waals surface area contributed by atoms with E-state index in [1.165, 1.54) is 27.9 Å². The number of fused-ring (bicyclic) bond motifs is 11. The number of hydrogen-bond donors (Lipinski definition) is 0. The van der Waals surface area contributed by atoms with E-state index in [9.17, 15) is 0 Å². The van der Waals surface area contributed by atoms with Gasteiger partial charge in [-0.1, -0.05) is 117 Å². The van der Waals surface area contributed by atoms with E-state index in [-0.39, 0.29) is 32.9 Å². The molecule has 11 aromatic rings. The molecule has 0 aliphatic carbocycles. The molecule has 0 unspecified atom stereocenters. The van der Waals surface area contributed by atoms with Gasteiger partial charge in [-0.25, -0.2) is 0 Å². The van der Waals surface area contributed by atoms with E-state index in [1.54, 1.807) is 6.26 Å². The van der Waals surface area contributed by atoms with Crippen LogP contribution < -0.4 is 4.74 Å². The molecule has 4 heterocycles. The van der Waals surface area contributed by atoms with Crippen LogP contribution in [0, 0.1) is 19.1 Å². The van der Waals surface area contributed by atoms with E-state index in [0.717, 1.165) is 77.3 Å². The summed E-state index contributed by atoms with van der Waals surface area (Å²) in [5, 5.41) is 4.07. The maximum atomic E-state index is 6.67. The largest absolute Gasteiger partial charge is 2.00 e. The number of pyridine rings is 1. The minimum absolute atomic E-state index is 0. The molecule has 0 N–H and O–H groups in total. The molecule has 4 aromatic heterocycles. The Bertz CT molecular complexity index is 3420. The number of aryl methyl sites for hydroxylation is 1. The third-order valence-electron chi connectivity index (χ3n) is 11.6. The van der Waals surface area contributed by atoms with E-state index in [1.807, 2.05) is 24.3 Å². The van der Waals surface area contributed by atoms with E-state index in [0.29, 0.717) is 11.5 Å². The van der Waals surface area contributed by atoms with Crippen LogP contribution in [0.25, 0.3) is 88.6 Å². The van der Waals surface area contributed by atoms with Crippen LogP contribution in [0.2, 0.25) is 0 Å². The van der Waals surface area contributed by atoms with E-state index in [4.69, 9.17) is 19.1 Å². The molecule has 7 aromatic carbocycles. The molecule has 0 spiro atoms. The number of nitrogens with zero attached hydrogens (tertiary/aromatic N) is 4. The van der Waals surface area contributed by atoms with E-state index in [2.05, 4.69) is 165 Å². The van der Waals surface area contributed by atoms with Crippen LogP contribution in [-0.4, -0.2) is 18.9 Å². The molecule has 0 saturated carbocycles. The van der Waals surface area contributed by atoms with Crippen molar-refractivity contribution in [1.82, 2.24) is 18.9 Å². The molecule has 60 heavy (non-hydrogen) atoms. The summed E-state index contributed by atoms with van der Waals surface area (Å²) in [4.78, 5) is 10.5. The number of rotatable bonds is 7. The Morgan fingerprint density at radius 2 is 1.37 bits per heavy atom. The maximum absolute atomic E-state index is 6.67. The minimum atomic E-state index is 0. The van der Waals surface area contributed by atoms with Crippen molar-refractivity contribution in [2.75, 3.05) is 0 Å². The predicted molar refractivity (Wildman–Crippen MR) is 240 cm³/mol. The zero-order chi connectivity index (χ0) is 39.9. The molecule has 0 aliphatic heterocycles. The summed E-state index contributed by atoms with van der Waals surface area (Å²) in [6.45, 7) is 11.2. The molecule has 7 heteroatoms. The predicted octanol–water partition coefficient (Wildman–Crippen LogP) is 14.2. The number of furan rings is 1. The third-order valence-corrected chi connectivity index (χ3v) is 11.6. The van der Waals surface area contributed by atoms with Crippen molar-refractivity contribution in [2.45, 2.75) is 46.5 Å². The minimum Gasteiger partial charge on any atom is -0.497 e. The van der Waals surface area contributed by atoms with Crippen LogP contribution in [0.4, 0.5) is 0 Å². The standard InChI is InChI=1S/C53H40N4O2.Pt/c1-31(2)42-28-37(34-14-7-6-8-15-34)29-43(32(3)4)50(42)57-47-21-12-10-19-45(47)54-52(57)36-16-13-17-38(27-36)59-39-22-23-40-41-18-9-11-20-46(41)56-49-33(5)26-35-24-25-58-51(35)48(49)55-53(56)44(40)30-39;/h6-26,28-29,31-32H,1-5H3;/q-2;+2. The summed E-state index contributed by atoms with van der Waals surface area (Å²) in [6, 6.07) is 53.8. The Kier molecular flexibility index (Phi) is 9.22. The zero-order valence-electron chi connectivity index (χ0n) is 33.9. The van der Waals surface area contributed by atoms with E-state index < -0.39 is 0 Å². The van der Waals surface area contributed by atoms with Crippen molar-refractivity contribution in [3.05, 3.63) is 169 Å². The summed E-state index contributed by atoms with van der Waals surface area (Å²) in [5.74, 6) is 2.47. The molecule has 0 amide bonds. The number of ether oxygens (including phenoxy) is 1. The molecular formula is C53H40N4O2Pt. The molecule has 0 saturated heterocycles. The van der Waals surface area contributed by atoms with Crippen molar-refractivity contribution < 1.29 is 30.2 Å². The van der Waals surface area contributed by atoms with Crippen molar-refractivity contribution >= 4 is 60.4 Å². The fourth-order valence-electron chi connectivity index (χ4n) is 8.91. The first-order valence-corrected chi connectivity index (χ1v) is 20.3. The zero-order valence-corrected chi connectivity index (χ0v) is 36.1. The van der Waals surface area contributed by atoms with Gasteiger partial charge < -0.3 is 18.1 Å². The van der Waals surface area contributed by atoms with Gasteiger partial charge >= 0.3 is 21.1 Å². The van der Waals surface area contributed by atoms with Gasteiger partial charge in [-0.05, 0) is 94.4 Å². The topological polar surface area (TPSA) is 57.5 Å². The monoisotopic (exact) mass is 959 g/mol. The first kappa shape index (κ1) is 37.8. The van der Waals surface area contributed by atoms with Gasteiger partial charge in [-0.15, -0.1) is 29.8 Å². The fourth-order valence-corrected chi connectivity index (χ4v) is 8.91. The molecular weight excluding hydrogens is 920 g/mol. The molecule has 0 bridgehead atoms. The number of benzene rings is 7. The Hall–Kier alpha value is -6.49. The molecule has 6 nitrogen and oxygen atoms in total. The van der Waals surface area contributed by atoms with Crippen molar-refractivity contribution in [1.29, 1.82) is 0 Å². The summed E-state index contributed by atoms with van der Waals surface area (Å²) in [7, 11) is 0. The summed E-state index contributed by atoms with van der Waals surface area (Å²) in [6.07, 6.45) is 1.73. The van der Waals surface area contributed by atoms with Gasteiger partial charge in [-0.3, -0.25) is 9.97 Å². The molecule has 294 valence electrons. The van der Waals surface area contributed by atoms with Gasteiger partial charge in [-0.2, -0.15) is 0 Å². The molecule has 0 aliphatic rings. The Morgan fingerprint density at radius 3 is 2.15 bits per heavy atom. The van der Waals surface area contributed by atoms with Gasteiger partial charge in [0.15, 0.2) is 5.58 Å². The van der Waals surface area contributed by atoms with Crippen LogP contribution in [0.15, 0.2) is 144 Å². The summed E-state index contributed by atoms with van der Waals surface area (Å²) >= 11 is 0. The normalized spacial score (nSPS) is 11.9. The summed E-state index contributed by atoms with van der Waals surface area (Å²) in [5.41, 5.74) is 14.6. The Labute approximate surface area is 362 Å². The summed E-state index contributed by atoms with van der Waals surface area (Å²) < 4.78 is 17.2. The van der Waals surface area contributed by atoms with Crippen molar-refractivity contribution in [3.63, 3.8) is 0 Å². The average Bonchev–Trinajstić information content (AvgIpc) is 4.00. The Balaban J connectivity index is 0.00000433. The average molecular weight is 960 g/mol. The van der Waals surface area contributed by atoms with Crippen LogP contribution in [0.3, 0.4) is 0 Å². The van der Waals surface area contributed by atoms with E-state index >= 15 is 0 Å². The van der Waals surface area contributed by atoms with Gasteiger partial charge in [0.2, 0.25) is 0 Å². The second-order valence-corrected chi connectivity index (χ2v) is 16.1. The van der Waals surface area contributed by atoms with Gasteiger partial charge in [0.25, 0.3) is 0 Å². The van der Waals surface area contributed by atoms with Crippen molar-refractivity contribution in [2.24, 2.45) is 0 Å². The van der Waals surface area contributed by atoms with Gasteiger partial charge in [0, 0.05) is 28.1 Å². The third kappa shape index (κ3) is 5.96. The van der Waals surface area contributed by atoms with Crippen LogP contribution >= 0.6 is 0 Å². The number of para-hydroxylation sites is 3. The second-order valence-electron chi connectivity index (χ2n) is 16.1. The maximum Gasteiger partial charge on any atom is 2.00 e. The fraction of sp³-hybridized carbons (Fsp3) is 0.132. The van der Waals surface area contributed by atoms with Crippen molar-refractivity contribution in [3.8, 4) is 39.7 Å². The van der Waals surface area contributed by atoms with Gasteiger partial charge in [0.1, 0.15) is 5.52 Å². The quantitative estimate of drug-likeness (QED) is 0.118. The molecule has 0 atom stereocenters. The van der Waals surface area contributed by atoms with Crippen LogP contribution in [0.5, 0.6) is 11.5 Å². The van der Waals surface area contributed by atoms with Crippen LogP contribution in [0.1, 0.15) is 56.2 Å². The number of aromatic nitrogens is 4. The first-order valence-electron chi connectivity index (χ1n) is 20.3. The number of hydrogen-bond acceptors (Lipinski definition) is 4. The Morgan fingerprint density at radius 1 is 0.650 bits per heavy atom. The van der Waals surface area contributed by atoms with Gasteiger partial charge in [0.05, 0.1) is 34.3 Å². The molecule has 0 radical (unpaired) electrons. The molecule has 11 rings (SSSR count). The number of imidazole rings is 2. The van der Waals surface area contributed by atoms with Crippen LogP contribution in [-0.2, 0) is 21.1 Å². The molecule has 0 fully saturated rings. The SMILES string of the molecule is Cc1cc2ccoc2c2nc3c4[c-]c(Oc5[c-]c(-c6nc7ccccc7n6-c6c(C(C)C)cc(-c7ccccc7)cc6C(C)C)ccc5)ccc4c4ccccc4n3c12.[Pt+2].